The summed E-state index contributed by atoms with van der Waals surface area (Å²) in [5.41, 5.74) is 12.0. The Hall–Kier alpha value is -3.87. The van der Waals surface area contributed by atoms with Gasteiger partial charge in [-0.2, -0.15) is 0 Å². The number of hydrogen-bond acceptors (Lipinski definition) is 6. The van der Waals surface area contributed by atoms with Gasteiger partial charge >= 0.3 is 0 Å². The van der Waals surface area contributed by atoms with E-state index in [1.54, 1.807) is 21.3 Å². The van der Waals surface area contributed by atoms with Gasteiger partial charge in [0.1, 0.15) is 11.5 Å². The van der Waals surface area contributed by atoms with Gasteiger partial charge in [0.15, 0.2) is 11.5 Å². The fraction of sp³-hybridized carbons (Fsp3) is 0.387. The van der Waals surface area contributed by atoms with Crippen molar-refractivity contribution in [3.05, 3.63) is 76.3 Å². The van der Waals surface area contributed by atoms with Gasteiger partial charge in [-0.1, -0.05) is 19.1 Å². The Labute approximate surface area is 225 Å². The van der Waals surface area contributed by atoms with Crippen molar-refractivity contribution in [2.45, 2.75) is 45.6 Å². The van der Waals surface area contributed by atoms with Gasteiger partial charge in [0.25, 0.3) is 0 Å². The molecule has 0 fully saturated rings. The van der Waals surface area contributed by atoms with Gasteiger partial charge in [0.2, 0.25) is 5.91 Å². The van der Waals surface area contributed by atoms with Crippen LogP contribution in [0.1, 0.15) is 53.6 Å². The van der Waals surface area contributed by atoms with Crippen molar-refractivity contribution in [3.8, 4) is 23.0 Å². The maximum Gasteiger partial charge on any atom is 0.223 e. The van der Waals surface area contributed by atoms with E-state index in [4.69, 9.17) is 24.7 Å². The lowest BCUT2D eigenvalue weighted by molar-refractivity contribution is -0.133. The standard InChI is InChI=1S/C31H38N2O5/c1-6-7-30(34)33-14-12-22-18-28(37-5)29(38-15-13-21-8-11-26(32)27(17-21)36-4)19-25(22)31(33)24-10-9-23(35-3)16-20(24)2/h8-11,16-19,31H,6-7,12-15,32H2,1-5H3. The van der Waals surface area contributed by atoms with Crippen molar-refractivity contribution >= 4 is 11.6 Å². The molecule has 0 aromatic heterocycles. The number of rotatable bonds is 10. The fourth-order valence-electron chi connectivity index (χ4n) is 5.13. The number of methoxy groups -OCH3 is 3. The average molecular weight is 519 g/mol. The number of carbonyl (C=O) groups excluding carboxylic acids is 1. The highest BCUT2D eigenvalue weighted by Crippen LogP contribution is 2.42. The highest BCUT2D eigenvalue weighted by molar-refractivity contribution is 5.78. The molecule has 3 aromatic carbocycles. The van der Waals surface area contributed by atoms with Crippen LogP contribution in [0.15, 0.2) is 48.5 Å². The minimum atomic E-state index is -0.210. The first-order valence-electron chi connectivity index (χ1n) is 13.1. The van der Waals surface area contributed by atoms with Crippen LogP contribution in [0.3, 0.4) is 0 Å². The summed E-state index contributed by atoms with van der Waals surface area (Å²) in [6.45, 7) is 5.21. The quantitative estimate of drug-likeness (QED) is 0.357. The second kappa shape index (κ2) is 12.1. The van der Waals surface area contributed by atoms with Crippen LogP contribution in [-0.2, 0) is 17.6 Å². The zero-order valence-electron chi connectivity index (χ0n) is 23.0. The lowest BCUT2D eigenvalue weighted by Gasteiger charge is -2.39. The molecule has 4 rings (SSSR count). The van der Waals surface area contributed by atoms with Gasteiger partial charge < -0.3 is 29.6 Å². The molecule has 1 aliphatic heterocycles. The summed E-state index contributed by atoms with van der Waals surface area (Å²) in [6, 6.07) is 15.7. The van der Waals surface area contributed by atoms with Gasteiger partial charge in [0.05, 0.1) is 39.7 Å². The zero-order valence-corrected chi connectivity index (χ0v) is 23.0. The second-order valence-corrected chi connectivity index (χ2v) is 9.59. The number of aryl methyl sites for hydroxylation is 1. The Bertz CT molecular complexity index is 1290. The number of ether oxygens (including phenoxy) is 4. The lowest BCUT2D eigenvalue weighted by atomic mass is 9.85. The van der Waals surface area contributed by atoms with E-state index in [1.165, 1.54) is 5.56 Å². The summed E-state index contributed by atoms with van der Waals surface area (Å²) in [5.74, 6) is 2.97. The van der Waals surface area contributed by atoms with Crippen LogP contribution in [0.5, 0.6) is 23.0 Å². The number of amides is 1. The molecular formula is C31H38N2O5. The molecule has 7 nitrogen and oxygen atoms in total. The fourth-order valence-corrected chi connectivity index (χ4v) is 5.13. The van der Waals surface area contributed by atoms with Crippen LogP contribution in [0.25, 0.3) is 0 Å². The summed E-state index contributed by atoms with van der Waals surface area (Å²) in [7, 11) is 4.93. The second-order valence-electron chi connectivity index (χ2n) is 9.59. The Morgan fingerprint density at radius 3 is 2.42 bits per heavy atom. The normalized spacial score (nSPS) is 14.6. The molecule has 1 heterocycles. The number of carbonyl (C=O) groups is 1. The third kappa shape index (κ3) is 5.67. The number of hydrogen-bond donors (Lipinski definition) is 1. The molecule has 2 N–H and O–H groups in total. The molecule has 1 unspecified atom stereocenters. The Morgan fingerprint density at radius 1 is 0.947 bits per heavy atom. The molecule has 0 spiro atoms. The Balaban J connectivity index is 1.68. The first kappa shape index (κ1) is 27.2. The van der Waals surface area contributed by atoms with E-state index in [9.17, 15) is 4.79 Å². The number of nitrogens with two attached hydrogens (primary N) is 1. The molecule has 0 saturated carbocycles. The van der Waals surface area contributed by atoms with Crippen molar-refractivity contribution in [2.24, 2.45) is 0 Å². The maximum absolute atomic E-state index is 13.3. The maximum atomic E-state index is 13.3. The van der Waals surface area contributed by atoms with Crippen LogP contribution in [0, 0.1) is 6.92 Å². The monoisotopic (exact) mass is 518 g/mol. The molecule has 7 heteroatoms. The lowest BCUT2D eigenvalue weighted by Crippen LogP contribution is -2.40. The van der Waals surface area contributed by atoms with Gasteiger partial charge in [-0.25, -0.2) is 0 Å². The first-order valence-corrected chi connectivity index (χ1v) is 13.1. The molecule has 38 heavy (non-hydrogen) atoms. The molecule has 1 atom stereocenters. The van der Waals surface area contributed by atoms with E-state index >= 15 is 0 Å². The highest BCUT2D eigenvalue weighted by Gasteiger charge is 2.34. The minimum absolute atomic E-state index is 0.161. The minimum Gasteiger partial charge on any atom is -0.497 e. The van der Waals surface area contributed by atoms with Crippen LogP contribution in [0.4, 0.5) is 5.69 Å². The molecule has 0 aliphatic carbocycles. The molecule has 1 amide bonds. The van der Waals surface area contributed by atoms with Crippen LogP contribution in [0.2, 0.25) is 0 Å². The molecule has 3 aromatic rings. The molecular weight excluding hydrogens is 480 g/mol. The molecule has 0 saturated heterocycles. The number of fused-ring (bicyclic) bond motifs is 1. The molecule has 0 radical (unpaired) electrons. The van der Waals surface area contributed by atoms with Crippen molar-refractivity contribution in [2.75, 3.05) is 40.2 Å². The summed E-state index contributed by atoms with van der Waals surface area (Å²) < 4.78 is 22.8. The van der Waals surface area contributed by atoms with Crippen molar-refractivity contribution in [3.63, 3.8) is 0 Å². The van der Waals surface area contributed by atoms with Crippen LogP contribution in [-0.4, -0.2) is 45.3 Å². The topological polar surface area (TPSA) is 83.3 Å². The third-order valence-corrected chi connectivity index (χ3v) is 7.16. The van der Waals surface area contributed by atoms with Crippen molar-refractivity contribution in [1.29, 1.82) is 0 Å². The predicted molar refractivity (Wildman–Crippen MR) is 149 cm³/mol. The van der Waals surface area contributed by atoms with Crippen molar-refractivity contribution in [1.82, 2.24) is 4.90 Å². The van der Waals surface area contributed by atoms with E-state index in [0.717, 1.165) is 40.8 Å². The molecule has 1 aliphatic rings. The average Bonchev–Trinajstić information content (AvgIpc) is 2.93. The van der Waals surface area contributed by atoms with E-state index < -0.39 is 0 Å². The molecule has 0 bridgehead atoms. The number of nitrogen functional groups attached to an aromatic ring is 1. The SMILES string of the molecule is CCCC(=O)N1CCc2cc(OC)c(OCCc3ccc(N)c(OC)c3)cc2C1c1ccc(OC)cc1C. The largest absolute Gasteiger partial charge is 0.497 e. The smallest absolute Gasteiger partial charge is 0.223 e. The third-order valence-electron chi connectivity index (χ3n) is 7.16. The summed E-state index contributed by atoms with van der Waals surface area (Å²) in [5, 5.41) is 0. The van der Waals surface area contributed by atoms with Gasteiger partial charge in [-0.05, 0) is 84.0 Å². The van der Waals surface area contributed by atoms with Crippen LogP contribution < -0.4 is 24.7 Å². The van der Waals surface area contributed by atoms with Gasteiger partial charge in [0, 0.05) is 19.4 Å². The van der Waals surface area contributed by atoms with E-state index in [1.807, 2.05) is 42.2 Å². The summed E-state index contributed by atoms with van der Waals surface area (Å²) in [6.07, 6.45) is 2.77. The van der Waals surface area contributed by atoms with Crippen LogP contribution >= 0.6 is 0 Å². The van der Waals surface area contributed by atoms with Gasteiger partial charge in [-0.15, -0.1) is 0 Å². The Kier molecular flexibility index (Phi) is 8.66. The summed E-state index contributed by atoms with van der Waals surface area (Å²) >= 11 is 0. The predicted octanol–water partition coefficient (Wildman–Crippen LogP) is 5.50. The highest BCUT2D eigenvalue weighted by atomic mass is 16.5. The van der Waals surface area contributed by atoms with Gasteiger partial charge in [-0.3, -0.25) is 4.79 Å². The number of benzene rings is 3. The number of nitrogens with zero attached hydrogens (tertiary/aromatic N) is 1. The first-order chi connectivity index (χ1) is 18.4. The molecule has 202 valence electrons. The number of anilines is 1. The van der Waals surface area contributed by atoms with E-state index in [0.29, 0.717) is 48.9 Å². The van der Waals surface area contributed by atoms with E-state index in [2.05, 4.69) is 25.1 Å². The van der Waals surface area contributed by atoms with E-state index in [-0.39, 0.29) is 11.9 Å². The van der Waals surface area contributed by atoms with Crippen molar-refractivity contribution < 1.29 is 23.7 Å². The zero-order chi connectivity index (χ0) is 27.2. The Morgan fingerprint density at radius 2 is 1.74 bits per heavy atom. The summed E-state index contributed by atoms with van der Waals surface area (Å²) in [4.78, 5) is 15.3.